The summed E-state index contributed by atoms with van der Waals surface area (Å²) in [4.78, 5) is 17.1. The molecule has 0 aliphatic heterocycles. The molecule has 23 heavy (non-hydrogen) atoms. The van der Waals surface area contributed by atoms with Crippen molar-refractivity contribution in [3.05, 3.63) is 34.8 Å². The number of hydrogen-bond acceptors (Lipinski definition) is 6. The topological polar surface area (TPSA) is 50.5 Å². The quantitative estimate of drug-likeness (QED) is 0.331. The fourth-order valence-corrected chi connectivity index (χ4v) is 3.43. The molecule has 0 spiro atoms. The first kappa shape index (κ1) is 14.5. The van der Waals surface area contributed by atoms with Crippen LogP contribution in [0.3, 0.4) is 0 Å². The monoisotopic (exact) mass is 396 g/mol. The maximum atomic E-state index is 4.68. The lowest BCUT2D eigenvalue weighted by atomic mass is 10.0. The largest absolute Gasteiger partial charge is 0.222 e. The zero-order chi connectivity index (χ0) is 16.0. The lowest BCUT2D eigenvalue weighted by Crippen LogP contribution is -1.89. The number of aromatic nitrogens is 2. The number of hydrogen-bond donors (Lipinski definition) is 0. The molecule has 7 heteroatoms. The van der Waals surface area contributed by atoms with E-state index in [-0.39, 0.29) is 0 Å². The Morgan fingerprint density at radius 1 is 0.870 bits per heavy atom. The molecule has 0 fully saturated rings. The standard InChI is InChI=1S/C16H5BrN4S2/c17-11-5-4-10-12-8(11)2-1-3-9(12)13-14(10)21-16(19-7-23)15(20-13)18-6-22/h1-5H. The van der Waals surface area contributed by atoms with E-state index in [9.17, 15) is 0 Å². The summed E-state index contributed by atoms with van der Waals surface area (Å²) in [5.74, 6) is 0.583. The molecule has 0 amide bonds. The number of thiocarbonyl (C=S) groups is 2. The third-order valence-corrected chi connectivity index (χ3v) is 4.53. The van der Waals surface area contributed by atoms with Crippen molar-refractivity contribution in [2.75, 3.05) is 0 Å². The third-order valence-electron chi connectivity index (χ3n) is 3.66. The van der Waals surface area contributed by atoms with E-state index in [2.05, 4.69) is 76.7 Å². The van der Waals surface area contributed by atoms with Crippen molar-refractivity contribution < 1.29 is 0 Å². The molecule has 0 atom stereocenters. The van der Waals surface area contributed by atoms with Crippen LogP contribution in [0.4, 0.5) is 11.6 Å². The van der Waals surface area contributed by atoms with Crippen LogP contribution in [0, 0.1) is 0 Å². The van der Waals surface area contributed by atoms with Crippen LogP contribution in [-0.2, 0) is 0 Å². The Balaban J connectivity index is 2.15. The highest BCUT2D eigenvalue weighted by Gasteiger charge is 2.26. The normalized spacial score (nSPS) is 10.8. The van der Waals surface area contributed by atoms with E-state index >= 15 is 0 Å². The van der Waals surface area contributed by atoms with Gasteiger partial charge in [-0.3, -0.25) is 0 Å². The van der Waals surface area contributed by atoms with Gasteiger partial charge < -0.3 is 0 Å². The summed E-state index contributed by atoms with van der Waals surface area (Å²) in [6, 6.07) is 10.1. The molecule has 0 bridgehead atoms. The van der Waals surface area contributed by atoms with Crippen molar-refractivity contribution in [3.63, 3.8) is 0 Å². The van der Waals surface area contributed by atoms with Crippen molar-refractivity contribution in [1.29, 1.82) is 0 Å². The van der Waals surface area contributed by atoms with Gasteiger partial charge in [0.25, 0.3) is 0 Å². The molecule has 2 aromatic carbocycles. The lowest BCUT2D eigenvalue weighted by molar-refractivity contribution is 1.18. The second-order valence-electron chi connectivity index (χ2n) is 4.80. The van der Waals surface area contributed by atoms with Crippen molar-refractivity contribution in [3.8, 4) is 22.5 Å². The first-order valence-corrected chi connectivity index (χ1v) is 8.15. The number of aliphatic imine (C=N–C) groups is 2. The van der Waals surface area contributed by atoms with Crippen LogP contribution in [0.15, 0.2) is 44.8 Å². The molecule has 0 saturated carbocycles. The SMILES string of the molecule is S=C=Nc1nc2c(nc1N=C=S)-c1ccc(Br)c3cccc-2c13. The number of isothiocyanates is 2. The predicted molar refractivity (Wildman–Crippen MR) is 101 cm³/mol. The molecule has 1 aliphatic rings. The molecule has 0 N–H and O–H groups in total. The number of nitrogens with zero attached hydrogens (tertiary/aromatic N) is 4. The summed E-state index contributed by atoms with van der Waals surface area (Å²) in [5, 5.41) is 6.83. The van der Waals surface area contributed by atoms with E-state index in [0.29, 0.717) is 11.6 Å². The average Bonchev–Trinajstić information content (AvgIpc) is 2.86. The molecule has 1 aromatic heterocycles. The molecular weight excluding hydrogens is 392 g/mol. The average molecular weight is 397 g/mol. The Labute approximate surface area is 150 Å². The van der Waals surface area contributed by atoms with Crippen molar-refractivity contribution in [2.24, 2.45) is 9.98 Å². The summed E-state index contributed by atoms with van der Waals surface area (Å²) in [7, 11) is 0. The van der Waals surface area contributed by atoms with Crippen molar-refractivity contribution >= 4 is 73.1 Å². The molecule has 0 saturated heterocycles. The van der Waals surface area contributed by atoms with E-state index in [4.69, 9.17) is 0 Å². The molecule has 4 nitrogen and oxygen atoms in total. The van der Waals surface area contributed by atoms with E-state index in [0.717, 1.165) is 37.8 Å². The van der Waals surface area contributed by atoms with Crippen LogP contribution in [-0.4, -0.2) is 20.3 Å². The minimum atomic E-state index is 0.292. The van der Waals surface area contributed by atoms with E-state index in [1.807, 2.05) is 24.3 Å². The zero-order valence-electron chi connectivity index (χ0n) is 11.4. The molecule has 1 heterocycles. The third kappa shape index (κ3) is 2.10. The first-order valence-electron chi connectivity index (χ1n) is 6.54. The van der Waals surface area contributed by atoms with Crippen LogP contribution in [0.1, 0.15) is 0 Å². The first-order chi connectivity index (χ1) is 11.2. The molecule has 0 radical (unpaired) electrons. The molecule has 4 rings (SSSR count). The van der Waals surface area contributed by atoms with Gasteiger partial charge in [0.15, 0.2) is 0 Å². The molecule has 1 aliphatic carbocycles. The molecule has 108 valence electrons. The van der Waals surface area contributed by atoms with Gasteiger partial charge in [-0.1, -0.05) is 40.2 Å². The van der Waals surface area contributed by atoms with E-state index in [1.165, 1.54) is 0 Å². The molecule has 3 aromatic rings. The summed E-state index contributed by atoms with van der Waals surface area (Å²) in [6.07, 6.45) is 0. The van der Waals surface area contributed by atoms with E-state index < -0.39 is 0 Å². The highest BCUT2D eigenvalue weighted by Crippen LogP contribution is 2.48. The van der Waals surface area contributed by atoms with Gasteiger partial charge in [-0.15, -0.1) is 0 Å². The van der Waals surface area contributed by atoms with Crippen LogP contribution in [0.2, 0.25) is 0 Å². The fraction of sp³-hybridized carbons (Fsp3) is 0. The van der Waals surface area contributed by atoms with Crippen LogP contribution >= 0.6 is 40.4 Å². The summed E-state index contributed by atoms with van der Waals surface area (Å²) in [6.45, 7) is 0. The van der Waals surface area contributed by atoms with Gasteiger partial charge in [0.05, 0.1) is 21.7 Å². The summed E-state index contributed by atoms with van der Waals surface area (Å²) < 4.78 is 1.03. The van der Waals surface area contributed by atoms with Gasteiger partial charge in [-0.05, 0) is 35.9 Å². The van der Waals surface area contributed by atoms with Gasteiger partial charge in [0, 0.05) is 21.0 Å². The maximum absolute atomic E-state index is 4.68. The predicted octanol–water partition coefficient (Wildman–Crippen LogP) is 5.51. The van der Waals surface area contributed by atoms with Crippen molar-refractivity contribution in [1.82, 2.24) is 9.97 Å². The molecular formula is C16H5BrN4S2. The number of rotatable bonds is 2. The van der Waals surface area contributed by atoms with Gasteiger partial charge in [0.2, 0.25) is 11.6 Å². The van der Waals surface area contributed by atoms with E-state index in [1.54, 1.807) is 0 Å². The lowest BCUT2D eigenvalue weighted by Gasteiger charge is -2.03. The van der Waals surface area contributed by atoms with Crippen LogP contribution < -0.4 is 0 Å². The second-order valence-corrected chi connectivity index (χ2v) is 6.02. The highest BCUT2D eigenvalue weighted by molar-refractivity contribution is 9.10. The Bertz CT molecular complexity index is 1050. The Hall–Kier alpha value is -2.14. The zero-order valence-corrected chi connectivity index (χ0v) is 14.6. The van der Waals surface area contributed by atoms with Gasteiger partial charge >= 0.3 is 0 Å². The number of fused-ring (bicyclic) bond motifs is 3. The second kappa shape index (κ2) is 5.49. The smallest absolute Gasteiger partial charge is 0.209 e. The summed E-state index contributed by atoms with van der Waals surface area (Å²) >= 11 is 12.9. The van der Waals surface area contributed by atoms with Gasteiger partial charge in [-0.25, -0.2) is 9.97 Å². The highest BCUT2D eigenvalue weighted by atomic mass is 79.9. The summed E-state index contributed by atoms with van der Waals surface area (Å²) in [5.41, 5.74) is 3.55. The maximum Gasteiger partial charge on any atom is 0.209 e. The van der Waals surface area contributed by atoms with Gasteiger partial charge in [-0.2, -0.15) is 9.98 Å². The Kier molecular flexibility index (Phi) is 3.45. The van der Waals surface area contributed by atoms with Gasteiger partial charge in [0.1, 0.15) is 0 Å². The minimum Gasteiger partial charge on any atom is -0.222 e. The number of benzene rings is 2. The van der Waals surface area contributed by atoms with Crippen LogP contribution in [0.25, 0.3) is 33.3 Å². The fourth-order valence-electron chi connectivity index (χ4n) is 2.80. The van der Waals surface area contributed by atoms with Crippen LogP contribution in [0.5, 0.6) is 0 Å². The van der Waals surface area contributed by atoms with Crippen molar-refractivity contribution in [2.45, 2.75) is 0 Å². The number of halogens is 1. The Morgan fingerprint density at radius 3 is 2.09 bits per heavy atom. The minimum absolute atomic E-state index is 0.292. The Morgan fingerprint density at radius 2 is 1.48 bits per heavy atom. The molecule has 0 unspecified atom stereocenters.